The van der Waals surface area contributed by atoms with Gasteiger partial charge in [0.1, 0.15) is 11.8 Å². The molecule has 1 atom stereocenters. The molecule has 0 unspecified atom stereocenters. The molecule has 0 bridgehead atoms. The van der Waals surface area contributed by atoms with Crippen LogP contribution < -0.4 is 5.73 Å². The summed E-state index contributed by atoms with van der Waals surface area (Å²) in [7, 11) is 1.20. The predicted molar refractivity (Wildman–Crippen MR) is 55.1 cm³/mol. The van der Waals surface area contributed by atoms with Crippen LogP contribution in [-0.4, -0.2) is 34.4 Å². The topological polar surface area (TPSA) is 113 Å². The van der Waals surface area contributed by atoms with Crippen molar-refractivity contribution in [2.24, 2.45) is 5.73 Å². The van der Waals surface area contributed by atoms with Crippen LogP contribution in [0.4, 0.5) is 0 Å². The van der Waals surface area contributed by atoms with Gasteiger partial charge in [-0.15, -0.1) is 0 Å². The average molecular weight is 227 g/mol. The highest BCUT2D eigenvalue weighted by Gasteiger charge is 2.17. The van der Waals surface area contributed by atoms with Crippen molar-refractivity contribution in [3.05, 3.63) is 17.7 Å². The van der Waals surface area contributed by atoms with Gasteiger partial charge in [-0.2, -0.15) is 0 Å². The van der Waals surface area contributed by atoms with E-state index in [4.69, 9.17) is 10.8 Å². The third-order valence-corrected chi connectivity index (χ3v) is 2.12. The summed E-state index contributed by atoms with van der Waals surface area (Å²) >= 11 is 0. The molecule has 1 aromatic carbocycles. The van der Waals surface area contributed by atoms with Crippen LogP contribution in [0.3, 0.4) is 0 Å². The van der Waals surface area contributed by atoms with Crippen molar-refractivity contribution in [1.29, 1.82) is 0 Å². The first-order chi connectivity index (χ1) is 7.45. The van der Waals surface area contributed by atoms with Crippen molar-refractivity contribution >= 4 is 5.97 Å². The van der Waals surface area contributed by atoms with E-state index in [1.165, 1.54) is 7.11 Å². The Bertz CT molecular complexity index is 404. The summed E-state index contributed by atoms with van der Waals surface area (Å²) in [5.74, 6) is -1.68. The number of rotatable bonds is 3. The van der Waals surface area contributed by atoms with E-state index in [-0.39, 0.29) is 23.5 Å². The van der Waals surface area contributed by atoms with Crippen LogP contribution in [0, 0.1) is 0 Å². The van der Waals surface area contributed by atoms with E-state index in [9.17, 15) is 15.0 Å². The Balaban J connectivity index is 2.89. The van der Waals surface area contributed by atoms with Gasteiger partial charge in [0.25, 0.3) is 0 Å². The second kappa shape index (κ2) is 4.71. The molecule has 0 saturated carbocycles. The first-order valence-electron chi connectivity index (χ1n) is 4.53. The maximum Gasteiger partial charge on any atom is 0.322 e. The number of hydrogen-bond donors (Lipinski definition) is 4. The van der Waals surface area contributed by atoms with Crippen LogP contribution in [0.2, 0.25) is 0 Å². The Morgan fingerprint density at radius 1 is 1.31 bits per heavy atom. The van der Waals surface area contributed by atoms with Gasteiger partial charge in [0.2, 0.25) is 0 Å². The summed E-state index contributed by atoms with van der Waals surface area (Å²) in [6.07, 6.45) is 0.00630. The van der Waals surface area contributed by atoms with E-state index < -0.39 is 17.8 Å². The molecule has 0 aliphatic carbocycles. The minimum absolute atomic E-state index is 0.00630. The summed E-state index contributed by atoms with van der Waals surface area (Å²) in [5, 5.41) is 27.7. The lowest BCUT2D eigenvalue weighted by molar-refractivity contribution is -0.142. The van der Waals surface area contributed by atoms with Gasteiger partial charge in [-0.05, 0) is 11.6 Å². The van der Waals surface area contributed by atoms with Gasteiger partial charge in [0.05, 0.1) is 7.11 Å². The van der Waals surface area contributed by atoms with E-state index in [2.05, 4.69) is 4.74 Å². The number of ether oxygens (including phenoxy) is 1. The summed E-state index contributed by atoms with van der Waals surface area (Å²) in [5.41, 5.74) is 5.74. The van der Waals surface area contributed by atoms with Crippen LogP contribution in [-0.2, 0) is 16.0 Å². The number of nitrogens with two attached hydrogens (primary N) is 1. The molecule has 0 aliphatic heterocycles. The van der Waals surface area contributed by atoms with Gasteiger partial charge in [-0.25, -0.2) is 0 Å². The number of benzene rings is 1. The lowest BCUT2D eigenvalue weighted by Gasteiger charge is -2.11. The predicted octanol–water partition coefficient (Wildman–Crippen LogP) is -0.154. The second-order valence-corrected chi connectivity index (χ2v) is 3.30. The number of aromatic hydroxyl groups is 3. The van der Waals surface area contributed by atoms with E-state index >= 15 is 0 Å². The third kappa shape index (κ3) is 2.54. The molecule has 0 amide bonds. The molecule has 5 N–H and O–H groups in total. The Hall–Kier alpha value is -1.95. The minimum Gasteiger partial charge on any atom is -0.508 e. The van der Waals surface area contributed by atoms with Gasteiger partial charge in [0.15, 0.2) is 11.5 Å². The Kier molecular flexibility index (Phi) is 3.57. The lowest BCUT2D eigenvalue weighted by Crippen LogP contribution is -2.33. The highest BCUT2D eigenvalue weighted by atomic mass is 16.5. The van der Waals surface area contributed by atoms with Crippen molar-refractivity contribution in [2.75, 3.05) is 7.11 Å². The van der Waals surface area contributed by atoms with Gasteiger partial charge >= 0.3 is 5.97 Å². The Morgan fingerprint density at radius 2 is 1.88 bits per heavy atom. The largest absolute Gasteiger partial charge is 0.508 e. The van der Waals surface area contributed by atoms with Gasteiger partial charge < -0.3 is 25.8 Å². The summed E-state index contributed by atoms with van der Waals surface area (Å²) < 4.78 is 4.42. The standard InChI is InChI=1S/C10H13NO5/c1-16-10(15)6(11)2-5-3-8(13)9(14)4-7(5)12/h3-4,6,12-14H,2,11H2,1H3/t6-/m0/s1. The van der Waals surface area contributed by atoms with E-state index in [1.54, 1.807) is 0 Å². The summed E-state index contributed by atoms with van der Waals surface area (Å²) in [6.45, 7) is 0. The molecule has 0 aromatic heterocycles. The molecule has 1 rings (SSSR count). The maximum absolute atomic E-state index is 11.0. The van der Waals surface area contributed by atoms with Gasteiger partial charge in [-0.3, -0.25) is 4.79 Å². The van der Waals surface area contributed by atoms with Crippen LogP contribution in [0.15, 0.2) is 12.1 Å². The Morgan fingerprint density at radius 3 is 2.44 bits per heavy atom. The zero-order valence-electron chi connectivity index (χ0n) is 8.67. The number of phenols is 3. The fourth-order valence-corrected chi connectivity index (χ4v) is 1.24. The van der Waals surface area contributed by atoms with Gasteiger partial charge in [0, 0.05) is 12.5 Å². The quantitative estimate of drug-likeness (QED) is 0.324. The second-order valence-electron chi connectivity index (χ2n) is 3.30. The molecule has 1 aromatic rings. The first-order valence-corrected chi connectivity index (χ1v) is 4.53. The highest BCUT2D eigenvalue weighted by Crippen LogP contribution is 2.32. The summed E-state index contributed by atoms with van der Waals surface area (Å²) in [4.78, 5) is 11.0. The molecule has 0 aliphatic rings. The van der Waals surface area contributed by atoms with E-state index in [0.717, 1.165) is 12.1 Å². The third-order valence-electron chi connectivity index (χ3n) is 2.12. The SMILES string of the molecule is COC(=O)[C@@H](N)Cc1cc(O)c(O)cc1O. The molecule has 16 heavy (non-hydrogen) atoms. The normalized spacial score (nSPS) is 12.1. The highest BCUT2D eigenvalue weighted by molar-refractivity contribution is 5.76. The molecule has 0 radical (unpaired) electrons. The van der Waals surface area contributed by atoms with Crippen molar-refractivity contribution in [1.82, 2.24) is 0 Å². The molecule has 6 nitrogen and oxygen atoms in total. The van der Waals surface area contributed by atoms with Crippen LogP contribution in [0.1, 0.15) is 5.56 Å². The van der Waals surface area contributed by atoms with E-state index in [1.807, 2.05) is 0 Å². The van der Waals surface area contributed by atoms with Crippen molar-refractivity contribution < 1.29 is 24.9 Å². The van der Waals surface area contributed by atoms with E-state index in [0.29, 0.717) is 0 Å². The number of carbonyl (C=O) groups excluding carboxylic acids is 1. The molecule has 88 valence electrons. The lowest BCUT2D eigenvalue weighted by atomic mass is 10.0. The minimum atomic E-state index is -0.931. The summed E-state index contributed by atoms with van der Waals surface area (Å²) in [6, 6.07) is 1.20. The molecule has 0 spiro atoms. The number of hydrogen-bond acceptors (Lipinski definition) is 6. The monoisotopic (exact) mass is 227 g/mol. The number of esters is 1. The molecular weight excluding hydrogens is 214 g/mol. The van der Waals surface area contributed by atoms with Crippen molar-refractivity contribution in [2.45, 2.75) is 12.5 Å². The maximum atomic E-state index is 11.0. The molecule has 0 fully saturated rings. The number of methoxy groups -OCH3 is 1. The molecule has 6 heteroatoms. The smallest absolute Gasteiger partial charge is 0.322 e. The van der Waals surface area contributed by atoms with Crippen LogP contribution >= 0.6 is 0 Å². The molecule has 0 heterocycles. The Labute approximate surface area is 91.9 Å². The van der Waals surface area contributed by atoms with Crippen molar-refractivity contribution in [3.63, 3.8) is 0 Å². The van der Waals surface area contributed by atoms with Gasteiger partial charge in [-0.1, -0.05) is 0 Å². The number of carbonyl (C=O) groups is 1. The zero-order valence-corrected chi connectivity index (χ0v) is 8.67. The van der Waals surface area contributed by atoms with Crippen LogP contribution in [0.5, 0.6) is 17.2 Å². The zero-order chi connectivity index (χ0) is 12.3. The van der Waals surface area contributed by atoms with Crippen LogP contribution in [0.25, 0.3) is 0 Å². The number of phenolic OH excluding ortho intramolecular Hbond substituents is 3. The molecule has 0 saturated heterocycles. The fraction of sp³-hybridized carbons (Fsp3) is 0.300. The first kappa shape index (κ1) is 12.1. The van der Waals surface area contributed by atoms with Crippen molar-refractivity contribution in [3.8, 4) is 17.2 Å². The average Bonchev–Trinajstić information content (AvgIpc) is 2.24. The fourth-order valence-electron chi connectivity index (χ4n) is 1.24. The molecular formula is C10H13NO5.